The van der Waals surface area contributed by atoms with Gasteiger partial charge in [0.25, 0.3) is 0 Å². The topological polar surface area (TPSA) is 17.1 Å². The van der Waals surface area contributed by atoms with Crippen molar-refractivity contribution in [1.29, 1.82) is 0 Å². The smallest absolute Gasteiger partial charge is 0.106 e. The fourth-order valence-corrected chi connectivity index (χ4v) is 1.20. The highest BCUT2D eigenvalue weighted by atomic mass is 79.9. The van der Waals surface area contributed by atoms with Gasteiger partial charge in [-0.3, -0.25) is 0 Å². The lowest BCUT2D eigenvalue weighted by Gasteiger charge is -1.94. The van der Waals surface area contributed by atoms with E-state index in [0.29, 0.717) is 0 Å². The van der Waals surface area contributed by atoms with E-state index in [1.165, 1.54) is 10.0 Å². The van der Waals surface area contributed by atoms with Gasteiger partial charge in [-0.2, -0.15) is 0 Å². The Kier molecular flexibility index (Phi) is 5.75. The van der Waals surface area contributed by atoms with Gasteiger partial charge in [0.1, 0.15) is 6.79 Å². The minimum absolute atomic E-state index is 1.11. The Morgan fingerprint density at radius 1 is 1.45 bits per heavy atom. The average Bonchev–Trinajstić information content (AvgIpc) is 2.08. The highest BCUT2D eigenvalue weighted by molar-refractivity contribution is 9.10. The number of aryl methyl sites for hydroxylation is 1. The SMILES string of the molecule is C=O.CCc1cccc(Br)c1. The van der Waals surface area contributed by atoms with E-state index in [2.05, 4.69) is 41.1 Å². The van der Waals surface area contributed by atoms with E-state index in [9.17, 15) is 0 Å². The lowest BCUT2D eigenvalue weighted by molar-refractivity contribution is -0.0979. The zero-order chi connectivity index (χ0) is 8.69. The molecule has 0 amide bonds. The molecule has 0 aromatic heterocycles. The minimum atomic E-state index is 1.11. The second-order valence-electron chi connectivity index (χ2n) is 1.98. The van der Waals surface area contributed by atoms with Crippen molar-refractivity contribution in [2.45, 2.75) is 13.3 Å². The first-order chi connectivity index (χ1) is 5.33. The lowest BCUT2D eigenvalue weighted by Crippen LogP contribution is -1.76. The van der Waals surface area contributed by atoms with Crippen LogP contribution in [0.15, 0.2) is 28.7 Å². The van der Waals surface area contributed by atoms with Gasteiger partial charge in [0.2, 0.25) is 0 Å². The Balaban J connectivity index is 0.000000461. The van der Waals surface area contributed by atoms with Crippen LogP contribution in [-0.2, 0) is 11.2 Å². The second-order valence-corrected chi connectivity index (χ2v) is 2.90. The van der Waals surface area contributed by atoms with Crippen molar-refractivity contribution >= 4 is 22.7 Å². The lowest BCUT2D eigenvalue weighted by atomic mass is 10.2. The molecule has 11 heavy (non-hydrogen) atoms. The Hall–Kier alpha value is -0.630. The number of rotatable bonds is 1. The molecule has 0 unspecified atom stereocenters. The van der Waals surface area contributed by atoms with Crippen LogP contribution in [0.1, 0.15) is 12.5 Å². The van der Waals surface area contributed by atoms with Gasteiger partial charge in [-0.25, -0.2) is 0 Å². The molecule has 1 nitrogen and oxygen atoms in total. The van der Waals surface area contributed by atoms with E-state index in [4.69, 9.17) is 4.79 Å². The molecule has 0 bridgehead atoms. The van der Waals surface area contributed by atoms with Crippen LogP contribution < -0.4 is 0 Å². The van der Waals surface area contributed by atoms with E-state index < -0.39 is 0 Å². The first kappa shape index (κ1) is 10.4. The van der Waals surface area contributed by atoms with E-state index in [0.717, 1.165) is 6.42 Å². The van der Waals surface area contributed by atoms with E-state index in [-0.39, 0.29) is 0 Å². The first-order valence-electron chi connectivity index (χ1n) is 3.36. The standard InChI is InChI=1S/C8H9Br.CH2O/c1-2-7-4-3-5-8(9)6-7;1-2/h3-6H,2H2,1H3;1H2. The number of carbonyl (C=O) groups excluding carboxylic acids is 1. The molecule has 0 saturated heterocycles. The van der Waals surface area contributed by atoms with Crippen LogP contribution in [0.25, 0.3) is 0 Å². The molecule has 0 aliphatic carbocycles. The summed E-state index contributed by atoms with van der Waals surface area (Å²) in [5.74, 6) is 0. The van der Waals surface area contributed by atoms with Crippen LogP contribution in [0.5, 0.6) is 0 Å². The number of halogens is 1. The quantitative estimate of drug-likeness (QED) is 0.703. The van der Waals surface area contributed by atoms with Crippen molar-refractivity contribution in [1.82, 2.24) is 0 Å². The van der Waals surface area contributed by atoms with Gasteiger partial charge < -0.3 is 4.79 Å². The predicted octanol–water partition coefficient (Wildman–Crippen LogP) is 2.83. The summed E-state index contributed by atoms with van der Waals surface area (Å²) in [6, 6.07) is 8.37. The van der Waals surface area contributed by atoms with Crippen molar-refractivity contribution in [3.05, 3.63) is 34.3 Å². The third-order valence-corrected chi connectivity index (χ3v) is 1.79. The third kappa shape index (κ3) is 3.94. The molecule has 1 rings (SSSR count). The molecule has 0 heterocycles. The maximum absolute atomic E-state index is 8.00. The molecule has 0 spiro atoms. The monoisotopic (exact) mass is 214 g/mol. The summed E-state index contributed by atoms with van der Waals surface area (Å²) in [5.41, 5.74) is 1.38. The van der Waals surface area contributed by atoms with Crippen LogP contribution in [0.3, 0.4) is 0 Å². The van der Waals surface area contributed by atoms with Crippen LogP contribution in [0.4, 0.5) is 0 Å². The summed E-state index contributed by atoms with van der Waals surface area (Å²) in [7, 11) is 0. The van der Waals surface area contributed by atoms with Gasteiger partial charge in [0.05, 0.1) is 0 Å². The molecule has 0 radical (unpaired) electrons. The third-order valence-electron chi connectivity index (χ3n) is 1.30. The maximum Gasteiger partial charge on any atom is 0.106 e. The van der Waals surface area contributed by atoms with Crippen molar-refractivity contribution in [3.63, 3.8) is 0 Å². The molecule has 60 valence electrons. The molecule has 0 aliphatic rings. The van der Waals surface area contributed by atoms with Gasteiger partial charge >= 0.3 is 0 Å². The molecule has 1 aromatic carbocycles. The summed E-state index contributed by atoms with van der Waals surface area (Å²) in [6.45, 7) is 4.15. The van der Waals surface area contributed by atoms with Gasteiger partial charge in [0.15, 0.2) is 0 Å². The van der Waals surface area contributed by atoms with Crippen LogP contribution >= 0.6 is 15.9 Å². The van der Waals surface area contributed by atoms with Crippen molar-refractivity contribution in [2.24, 2.45) is 0 Å². The summed E-state index contributed by atoms with van der Waals surface area (Å²) < 4.78 is 1.17. The predicted molar refractivity (Wildman–Crippen MR) is 50.6 cm³/mol. The maximum atomic E-state index is 8.00. The average molecular weight is 215 g/mol. The zero-order valence-corrected chi connectivity index (χ0v) is 8.10. The molecule has 0 atom stereocenters. The Morgan fingerprint density at radius 2 is 2.09 bits per heavy atom. The zero-order valence-electron chi connectivity index (χ0n) is 6.51. The van der Waals surface area contributed by atoms with Crippen molar-refractivity contribution in [2.75, 3.05) is 0 Å². The highest BCUT2D eigenvalue weighted by Gasteiger charge is 1.87. The van der Waals surface area contributed by atoms with Gasteiger partial charge in [-0.05, 0) is 24.1 Å². The fourth-order valence-electron chi connectivity index (χ4n) is 0.757. The molecular weight excluding hydrogens is 204 g/mol. The van der Waals surface area contributed by atoms with Crippen molar-refractivity contribution < 1.29 is 4.79 Å². The van der Waals surface area contributed by atoms with E-state index >= 15 is 0 Å². The molecule has 0 saturated carbocycles. The highest BCUT2D eigenvalue weighted by Crippen LogP contribution is 2.11. The van der Waals surface area contributed by atoms with Gasteiger partial charge in [-0.15, -0.1) is 0 Å². The van der Waals surface area contributed by atoms with Crippen molar-refractivity contribution in [3.8, 4) is 0 Å². The number of hydrogen-bond donors (Lipinski definition) is 0. The normalized spacial score (nSPS) is 8.18. The number of carbonyl (C=O) groups is 1. The Morgan fingerprint density at radius 3 is 2.45 bits per heavy atom. The van der Waals surface area contributed by atoms with Crippen LogP contribution in [-0.4, -0.2) is 6.79 Å². The van der Waals surface area contributed by atoms with Crippen LogP contribution in [0.2, 0.25) is 0 Å². The molecular formula is C9H11BrO. The van der Waals surface area contributed by atoms with Gasteiger partial charge in [0, 0.05) is 4.47 Å². The second kappa shape index (κ2) is 6.10. The molecule has 0 aliphatic heterocycles. The van der Waals surface area contributed by atoms with Gasteiger partial charge in [-0.1, -0.05) is 35.0 Å². The molecule has 1 aromatic rings. The first-order valence-corrected chi connectivity index (χ1v) is 4.15. The Labute approximate surface area is 75.6 Å². The van der Waals surface area contributed by atoms with E-state index in [1.807, 2.05) is 12.9 Å². The molecule has 2 heteroatoms. The number of hydrogen-bond acceptors (Lipinski definition) is 1. The summed E-state index contributed by atoms with van der Waals surface area (Å²) in [6.07, 6.45) is 1.11. The fraction of sp³-hybridized carbons (Fsp3) is 0.222. The largest absolute Gasteiger partial charge is 0.307 e. The van der Waals surface area contributed by atoms with E-state index in [1.54, 1.807) is 0 Å². The Bertz CT molecular complexity index is 210. The molecule has 0 fully saturated rings. The summed E-state index contributed by atoms with van der Waals surface area (Å²) in [5, 5.41) is 0. The molecule has 0 N–H and O–H groups in total. The number of benzene rings is 1. The van der Waals surface area contributed by atoms with Crippen LogP contribution in [0, 0.1) is 0 Å². The summed E-state index contributed by atoms with van der Waals surface area (Å²) >= 11 is 3.40. The summed E-state index contributed by atoms with van der Waals surface area (Å²) in [4.78, 5) is 8.00. The minimum Gasteiger partial charge on any atom is -0.307 e.